The first-order valence-electron chi connectivity index (χ1n) is 4.92. The van der Waals surface area contributed by atoms with Crippen molar-refractivity contribution in [3.63, 3.8) is 0 Å². The van der Waals surface area contributed by atoms with Crippen molar-refractivity contribution < 1.29 is 4.74 Å². The van der Waals surface area contributed by atoms with Crippen LogP contribution in [0, 0.1) is 6.92 Å². The quantitative estimate of drug-likeness (QED) is 0.557. The van der Waals surface area contributed by atoms with Gasteiger partial charge in [-0.15, -0.1) is 0 Å². The molecule has 0 fully saturated rings. The zero-order valence-corrected chi connectivity index (χ0v) is 8.84. The van der Waals surface area contributed by atoms with Gasteiger partial charge in [0.25, 0.3) is 0 Å². The lowest BCUT2D eigenvalue weighted by atomic mass is 10.1. The van der Waals surface area contributed by atoms with Crippen LogP contribution in [0.5, 0.6) is 0 Å². The molecule has 0 atom stereocenters. The monoisotopic (exact) mass is 194 g/mol. The third-order valence-corrected chi connectivity index (χ3v) is 2.14. The molecule has 78 valence electrons. The minimum absolute atomic E-state index is 0.727. The molecule has 0 aliphatic rings. The molecule has 0 aliphatic carbocycles. The summed E-state index contributed by atoms with van der Waals surface area (Å²) >= 11 is 0. The molecule has 0 spiro atoms. The highest BCUT2D eigenvalue weighted by Gasteiger charge is 1.99. The normalized spacial score (nSPS) is 10.1. The molecule has 14 heavy (non-hydrogen) atoms. The van der Waals surface area contributed by atoms with E-state index in [0.717, 1.165) is 36.7 Å². The van der Waals surface area contributed by atoms with Gasteiger partial charge in [0.05, 0.1) is 6.61 Å². The zero-order chi connectivity index (χ0) is 10.4. The number of rotatable bonds is 5. The molecule has 1 rings (SSSR count). The Bertz CT molecular complexity index is 287. The van der Waals surface area contributed by atoms with Gasteiger partial charge in [-0.2, -0.15) is 0 Å². The van der Waals surface area contributed by atoms with E-state index in [1.807, 2.05) is 32.0 Å². The summed E-state index contributed by atoms with van der Waals surface area (Å²) in [5.74, 6) is 0. The molecule has 1 aromatic rings. The molecule has 0 unspecified atom stereocenters. The Hall–Kier alpha value is -1.22. The summed E-state index contributed by atoms with van der Waals surface area (Å²) in [4.78, 5) is 0. The highest BCUT2D eigenvalue weighted by atomic mass is 16.5. The lowest BCUT2D eigenvalue weighted by molar-refractivity contribution is 0.158. The van der Waals surface area contributed by atoms with Gasteiger partial charge >= 0.3 is 0 Å². The van der Waals surface area contributed by atoms with E-state index in [1.165, 1.54) is 0 Å². The molecule has 0 saturated heterocycles. The van der Waals surface area contributed by atoms with Crippen molar-refractivity contribution in [2.24, 2.45) is 0 Å². The van der Waals surface area contributed by atoms with Gasteiger partial charge in [0.2, 0.25) is 0 Å². The number of hydrogen-bond donors (Lipinski definition) is 2. The van der Waals surface area contributed by atoms with Crippen LogP contribution >= 0.6 is 0 Å². The highest BCUT2D eigenvalue weighted by molar-refractivity contribution is 5.62. The van der Waals surface area contributed by atoms with E-state index in [-0.39, 0.29) is 0 Å². The maximum atomic E-state index is 5.78. The second-order valence-corrected chi connectivity index (χ2v) is 3.14. The molecule has 0 radical (unpaired) electrons. The van der Waals surface area contributed by atoms with Crippen LogP contribution in [-0.2, 0) is 4.74 Å². The summed E-state index contributed by atoms with van der Waals surface area (Å²) in [6.07, 6.45) is 0. The van der Waals surface area contributed by atoms with Crippen LogP contribution in [0.15, 0.2) is 18.2 Å². The molecule has 0 saturated carbocycles. The van der Waals surface area contributed by atoms with E-state index in [0.29, 0.717) is 0 Å². The average Bonchev–Trinajstić information content (AvgIpc) is 2.19. The average molecular weight is 194 g/mol. The highest BCUT2D eigenvalue weighted by Crippen LogP contribution is 2.19. The maximum absolute atomic E-state index is 5.78. The molecule has 3 N–H and O–H groups in total. The van der Waals surface area contributed by atoms with E-state index in [9.17, 15) is 0 Å². The van der Waals surface area contributed by atoms with Gasteiger partial charge < -0.3 is 15.8 Å². The summed E-state index contributed by atoms with van der Waals surface area (Å²) in [7, 11) is 0. The van der Waals surface area contributed by atoms with Crippen LogP contribution in [0.2, 0.25) is 0 Å². The van der Waals surface area contributed by atoms with E-state index >= 15 is 0 Å². The van der Waals surface area contributed by atoms with Crippen molar-refractivity contribution in [1.82, 2.24) is 0 Å². The minimum Gasteiger partial charge on any atom is -0.398 e. The molecular formula is C11H18N2O. The fraction of sp³-hybridized carbons (Fsp3) is 0.455. The van der Waals surface area contributed by atoms with Gasteiger partial charge in [0.1, 0.15) is 0 Å². The smallest absolute Gasteiger partial charge is 0.0638 e. The first kappa shape index (κ1) is 10.9. The lowest BCUT2D eigenvalue weighted by Gasteiger charge is -2.10. The first-order chi connectivity index (χ1) is 6.75. The molecule has 0 bridgehead atoms. The van der Waals surface area contributed by atoms with E-state index in [4.69, 9.17) is 10.5 Å². The molecule has 3 nitrogen and oxygen atoms in total. The van der Waals surface area contributed by atoms with Crippen molar-refractivity contribution in [2.45, 2.75) is 13.8 Å². The van der Waals surface area contributed by atoms with Crippen LogP contribution < -0.4 is 11.1 Å². The Balaban J connectivity index is 2.46. The van der Waals surface area contributed by atoms with Crippen LogP contribution in [-0.4, -0.2) is 19.8 Å². The van der Waals surface area contributed by atoms with Crippen molar-refractivity contribution in [2.75, 3.05) is 30.8 Å². The number of nitrogen functional groups attached to an aromatic ring is 1. The van der Waals surface area contributed by atoms with E-state index < -0.39 is 0 Å². The van der Waals surface area contributed by atoms with Crippen LogP contribution in [0.4, 0.5) is 11.4 Å². The van der Waals surface area contributed by atoms with Crippen molar-refractivity contribution in [1.29, 1.82) is 0 Å². The SMILES string of the molecule is CCOCCNc1cccc(N)c1C. The standard InChI is InChI=1S/C11H18N2O/c1-3-14-8-7-13-11-6-4-5-10(12)9(11)2/h4-6,13H,3,7-8,12H2,1-2H3. The summed E-state index contributed by atoms with van der Waals surface area (Å²) < 4.78 is 5.23. The van der Waals surface area contributed by atoms with Crippen molar-refractivity contribution >= 4 is 11.4 Å². The number of anilines is 2. The minimum atomic E-state index is 0.727. The van der Waals surface area contributed by atoms with E-state index in [2.05, 4.69) is 5.32 Å². The van der Waals surface area contributed by atoms with Crippen LogP contribution in [0.25, 0.3) is 0 Å². The van der Waals surface area contributed by atoms with Crippen LogP contribution in [0.1, 0.15) is 12.5 Å². The maximum Gasteiger partial charge on any atom is 0.0638 e. The van der Waals surface area contributed by atoms with Gasteiger partial charge in [0.15, 0.2) is 0 Å². The first-order valence-corrected chi connectivity index (χ1v) is 4.92. The van der Waals surface area contributed by atoms with Gasteiger partial charge in [-0.1, -0.05) is 6.07 Å². The zero-order valence-electron chi connectivity index (χ0n) is 8.84. The second-order valence-electron chi connectivity index (χ2n) is 3.14. The Morgan fingerprint density at radius 1 is 1.43 bits per heavy atom. The third-order valence-electron chi connectivity index (χ3n) is 2.14. The van der Waals surface area contributed by atoms with Gasteiger partial charge in [-0.05, 0) is 31.5 Å². The third kappa shape index (κ3) is 2.92. The molecule has 0 aromatic heterocycles. The number of nitrogens with one attached hydrogen (secondary N) is 1. The number of benzene rings is 1. The van der Waals surface area contributed by atoms with Crippen LogP contribution in [0.3, 0.4) is 0 Å². The number of nitrogens with two attached hydrogens (primary N) is 1. The van der Waals surface area contributed by atoms with Gasteiger partial charge in [0, 0.05) is 24.5 Å². The summed E-state index contributed by atoms with van der Waals surface area (Å²) in [6, 6.07) is 5.88. The molecular weight excluding hydrogens is 176 g/mol. The van der Waals surface area contributed by atoms with Gasteiger partial charge in [-0.3, -0.25) is 0 Å². The summed E-state index contributed by atoms with van der Waals surface area (Å²) in [5, 5.41) is 3.28. The number of hydrogen-bond acceptors (Lipinski definition) is 3. The fourth-order valence-corrected chi connectivity index (χ4v) is 1.25. The molecule has 3 heteroatoms. The molecule has 0 aliphatic heterocycles. The number of ether oxygens (including phenoxy) is 1. The molecule has 0 heterocycles. The molecule has 0 amide bonds. The van der Waals surface area contributed by atoms with Crippen molar-refractivity contribution in [3.8, 4) is 0 Å². The Morgan fingerprint density at radius 2 is 2.21 bits per heavy atom. The lowest BCUT2D eigenvalue weighted by Crippen LogP contribution is -2.10. The Labute approximate surface area is 85.3 Å². The Kier molecular flexibility index (Phi) is 4.26. The van der Waals surface area contributed by atoms with Crippen molar-refractivity contribution in [3.05, 3.63) is 23.8 Å². The molecule has 1 aromatic carbocycles. The fourth-order valence-electron chi connectivity index (χ4n) is 1.25. The summed E-state index contributed by atoms with van der Waals surface area (Å²) in [6.45, 7) is 6.31. The van der Waals surface area contributed by atoms with E-state index in [1.54, 1.807) is 0 Å². The van der Waals surface area contributed by atoms with Gasteiger partial charge in [-0.25, -0.2) is 0 Å². The Morgan fingerprint density at radius 3 is 2.93 bits per heavy atom. The predicted molar refractivity (Wildman–Crippen MR) is 60.6 cm³/mol. The summed E-state index contributed by atoms with van der Waals surface area (Å²) in [5.41, 5.74) is 8.79. The second kappa shape index (κ2) is 5.50. The topological polar surface area (TPSA) is 47.3 Å². The predicted octanol–water partition coefficient (Wildman–Crippen LogP) is 2.03. The largest absolute Gasteiger partial charge is 0.398 e.